The van der Waals surface area contributed by atoms with Crippen LogP contribution >= 0.6 is 0 Å². The Bertz CT molecular complexity index is 283. The van der Waals surface area contributed by atoms with Crippen molar-refractivity contribution in [1.82, 2.24) is 5.32 Å². The lowest BCUT2D eigenvalue weighted by atomic mass is 9.96. The van der Waals surface area contributed by atoms with Crippen molar-refractivity contribution in [3.63, 3.8) is 0 Å². The molecule has 15 heavy (non-hydrogen) atoms. The Morgan fingerprint density at radius 3 is 2.40 bits per heavy atom. The van der Waals surface area contributed by atoms with E-state index in [2.05, 4.69) is 26.1 Å². The fourth-order valence-electron chi connectivity index (χ4n) is 1.35. The third-order valence-corrected chi connectivity index (χ3v) is 2.18. The molecule has 86 valence electrons. The van der Waals surface area contributed by atoms with Crippen LogP contribution in [0.1, 0.15) is 33.5 Å². The van der Waals surface area contributed by atoms with Crippen LogP contribution in [0.25, 0.3) is 0 Å². The topological polar surface area (TPSA) is 45.4 Å². The van der Waals surface area contributed by atoms with Gasteiger partial charge in [0.2, 0.25) is 0 Å². The van der Waals surface area contributed by atoms with Gasteiger partial charge in [-0.3, -0.25) is 0 Å². The van der Waals surface area contributed by atoms with Crippen molar-refractivity contribution in [2.45, 2.75) is 33.3 Å². The van der Waals surface area contributed by atoms with E-state index in [1.54, 1.807) is 25.3 Å². The summed E-state index contributed by atoms with van der Waals surface area (Å²) in [7, 11) is 0. The average molecular weight is 211 g/mol. The van der Waals surface area contributed by atoms with Gasteiger partial charge in [-0.15, -0.1) is 0 Å². The summed E-state index contributed by atoms with van der Waals surface area (Å²) in [4.78, 5) is 0. The maximum absolute atomic E-state index is 10.1. The van der Waals surface area contributed by atoms with E-state index in [1.807, 2.05) is 0 Å². The Morgan fingerprint density at radius 1 is 1.27 bits per heavy atom. The molecule has 1 aromatic rings. The molecule has 1 atom stereocenters. The molecule has 3 heteroatoms. The lowest BCUT2D eigenvalue weighted by molar-refractivity contribution is 0.0326. The molecule has 1 aromatic heterocycles. The van der Waals surface area contributed by atoms with Crippen LogP contribution in [0, 0.1) is 5.41 Å². The van der Waals surface area contributed by atoms with Gasteiger partial charge in [0, 0.05) is 13.1 Å². The summed E-state index contributed by atoms with van der Waals surface area (Å²) >= 11 is 0. The van der Waals surface area contributed by atoms with Gasteiger partial charge in [0.05, 0.1) is 6.26 Å². The van der Waals surface area contributed by atoms with Crippen LogP contribution in [0.4, 0.5) is 0 Å². The summed E-state index contributed by atoms with van der Waals surface area (Å²) in [6, 6.07) is 3.58. The molecule has 0 amide bonds. The first-order chi connectivity index (χ1) is 6.81. The van der Waals surface area contributed by atoms with Crippen LogP contribution in [-0.2, 0) is 5.60 Å². The van der Waals surface area contributed by atoms with Crippen molar-refractivity contribution < 1.29 is 9.52 Å². The molecule has 0 saturated carbocycles. The first-order valence-electron chi connectivity index (χ1n) is 5.28. The van der Waals surface area contributed by atoms with E-state index in [1.165, 1.54) is 0 Å². The quantitative estimate of drug-likeness (QED) is 0.802. The zero-order valence-electron chi connectivity index (χ0n) is 10.0. The Labute approximate surface area is 91.5 Å². The molecule has 1 unspecified atom stereocenters. The molecule has 0 radical (unpaired) electrons. The molecule has 1 rings (SSSR count). The van der Waals surface area contributed by atoms with Crippen molar-refractivity contribution in [3.8, 4) is 0 Å². The molecule has 2 N–H and O–H groups in total. The zero-order chi connectivity index (χ0) is 11.5. The highest BCUT2D eigenvalue weighted by atomic mass is 16.4. The number of aliphatic hydroxyl groups is 1. The van der Waals surface area contributed by atoms with Crippen LogP contribution in [0.5, 0.6) is 0 Å². The molecule has 0 aromatic carbocycles. The number of nitrogens with one attached hydrogen (secondary N) is 1. The normalized spacial score (nSPS) is 16.3. The molecular formula is C12H21NO2. The minimum absolute atomic E-state index is 0.221. The molecular weight excluding hydrogens is 190 g/mol. The van der Waals surface area contributed by atoms with Crippen molar-refractivity contribution in [1.29, 1.82) is 0 Å². The summed E-state index contributed by atoms with van der Waals surface area (Å²) < 4.78 is 5.19. The molecule has 0 aliphatic rings. The fourth-order valence-corrected chi connectivity index (χ4v) is 1.35. The average Bonchev–Trinajstić information content (AvgIpc) is 2.52. The van der Waals surface area contributed by atoms with Crippen molar-refractivity contribution >= 4 is 0 Å². The van der Waals surface area contributed by atoms with E-state index in [4.69, 9.17) is 4.42 Å². The Balaban J connectivity index is 2.44. The number of rotatable bonds is 4. The molecule has 0 bridgehead atoms. The highest BCUT2D eigenvalue weighted by molar-refractivity contribution is 5.08. The van der Waals surface area contributed by atoms with Crippen molar-refractivity contribution in [2.24, 2.45) is 5.41 Å². The number of furan rings is 1. The van der Waals surface area contributed by atoms with E-state index in [0.717, 1.165) is 6.54 Å². The van der Waals surface area contributed by atoms with Gasteiger partial charge in [-0.05, 0) is 24.5 Å². The zero-order valence-corrected chi connectivity index (χ0v) is 10.0. The third-order valence-electron chi connectivity index (χ3n) is 2.18. The number of hydrogen-bond acceptors (Lipinski definition) is 3. The second-order valence-corrected chi connectivity index (χ2v) is 5.42. The van der Waals surface area contributed by atoms with Crippen LogP contribution in [0.3, 0.4) is 0 Å². The Kier molecular flexibility index (Phi) is 3.58. The van der Waals surface area contributed by atoms with Gasteiger partial charge in [0.25, 0.3) is 0 Å². The van der Waals surface area contributed by atoms with Crippen molar-refractivity contribution in [2.75, 3.05) is 13.1 Å². The molecule has 0 aliphatic heterocycles. The van der Waals surface area contributed by atoms with Gasteiger partial charge in [-0.25, -0.2) is 0 Å². The second kappa shape index (κ2) is 4.37. The minimum Gasteiger partial charge on any atom is -0.466 e. The van der Waals surface area contributed by atoms with E-state index < -0.39 is 5.60 Å². The smallest absolute Gasteiger partial charge is 0.136 e. The molecule has 0 aliphatic carbocycles. The summed E-state index contributed by atoms with van der Waals surface area (Å²) in [5.41, 5.74) is -0.714. The van der Waals surface area contributed by atoms with Gasteiger partial charge in [0.15, 0.2) is 0 Å². The Hall–Kier alpha value is -0.800. The molecule has 0 spiro atoms. The summed E-state index contributed by atoms with van der Waals surface area (Å²) in [5.74, 6) is 0.601. The minimum atomic E-state index is -0.936. The van der Waals surface area contributed by atoms with Crippen LogP contribution in [-0.4, -0.2) is 18.2 Å². The van der Waals surface area contributed by atoms with E-state index in [9.17, 15) is 5.11 Å². The van der Waals surface area contributed by atoms with Gasteiger partial charge < -0.3 is 14.8 Å². The van der Waals surface area contributed by atoms with E-state index >= 15 is 0 Å². The highest BCUT2D eigenvalue weighted by Crippen LogP contribution is 2.20. The standard InChI is InChI=1S/C12H21NO2/c1-11(2,3)8-13-9-12(4,14)10-6-5-7-15-10/h5-7,13-14H,8-9H2,1-4H3. The monoisotopic (exact) mass is 211 g/mol. The lowest BCUT2D eigenvalue weighted by Gasteiger charge is -2.25. The maximum atomic E-state index is 10.1. The molecule has 1 heterocycles. The van der Waals surface area contributed by atoms with E-state index in [0.29, 0.717) is 12.3 Å². The number of hydrogen-bond donors (Lipinski definition) is 2. The fraction of sp³-hybridized carbons (Fsp3) is 0.667. The first-order valence-corrected chi connectivity index (χ1v) is 5.28. The first kappa shape index (κ1) is 12.3. The van der Waals surface area contributed by atoms with E-state index in [-0.39, 0.29) is 5.41 Å². The van der Waals surface area contributed by atoms with Crippen LogP contribution in [0.15, 0.2) is 22.8 Å². The van der Waals surface area contributed by atoms with Crippen molar-refractivity contribution in [3.05, 3.63) is 24.2 Å². The Morgan fingerprint density at radius 2 is 1.93 bits per heavy atom. The molecule has 0 fully saturated rings. The highest BCUT2D eigenvalue weighted by Gasteiger charge is 2.26. The maximum Gasteiger partial charge on any atom is 0.136 e. The predicted molar refractivity (Wildman–Crippen MR) is 60.6 cm³/mol. The lowest BCUT2D eigenvalue weighted by Crippen LogP contribution is -2.38. The summed E-state index contributed by atoms with van der Waals surface area (Å²) in [6.45, 7) is 9.58. The molecule has 3 nitrogen and oxygen atoms in total. The van der Waals surface area contributed by atoms with Gasteiger partial charge in [0.1, 0.15) is 11.4 Å². The second-order valence-electron chi connectivity index (χ2n) is 5.42. The van der Waals surface area contributed by atoms with Crippen LogP contribution < -0.4 is 5.32 Å². The summed E-state index contributed by atoms with van der Waals surface area (Å²) in [5, 5.41) is 13.4. The predicted octanol–water partition coefficient (Wildman–Crippen LogP) is 2.12. The van der Waals surface area contributed by atoms with Crippen LogP contribution in [0.2, 0.25) is 0 Å². The van der Waals surface area contributed by atoms with Gasteiger partial charge >= 0.3 is 0 Å². The largest absolute Gasteiger partial charge is 0.466 e. The summed E-state index contributed by atoms with van der Waals surface area (Å²) in [6.07, 6.45) is 1.58. The SMILES string of the molecule is CC(C)(C)CNCC(C)(O)c1ccco1. The molecule has 0 saturated heterocycles. The third kappa shape index (κ3) is 4.06. The van der Waals surface area contributed by atoms with Gasteiger partial charge in [-0.1, -0.05) is 20.8 Å². The van der Waals surface area contributed by atoms with Gasteiger partial charge in [-0.2, -0.15) is 0 Å².